The molecule has 0 aliphatic rings. The summed E-state index contributed by atoms with van der Waals surface area (Å²) < 4.78 is 0. The lowest BCUT2D eigenvalue weighted by Crippen LogP contribution is -2.19. The summed E-state index contributed by atoms with van der Waals surface area (Å²) in [5.41, 5.74) is 7.32. The normalized spacial score (nSPS) is 11.7. The Morgan fingerprint density at radius 3 is 2.88 bits per heavy atom. The molecular formula is C13H17NO2. The van der Waals surface area contributed by atoms with E-state index in [9.17, 15) is 0 Å². The minimum atomic E-state index is -0.760. The van der Waals surface area contributed by atoms with Crippen molar-refractivity contribution in [1.29, 1.82) is 0 Å². The molecule has 0 saturated heterocycles. The van der Waals surface area contributed by atoms with Crippen LogP contribution >= 0.6 is 0 Å². The van der Waals surface area contributed by atoms with Crippen molar-refractivity contribution in [2.24, 2.45) is 5.73 Å². The third-order valence-electron chi connectivity index (χ3n) is 2.13. The standard InChI is InChI=1S/C13H17NO2/c14-13(16)8-7-12-6-3-5-11(10-12)4-1-2-9-15/h3,5-6,10,13,15-16H,2,7-9,14H2. The van der Waals surface area contributed by atoms with Crippen LogP contribution in [0, 0.1) is 11.8 Å². The van der Waals surface area contributed by atoms with Crippen molar-refractivity contribution in [3.63, 3.8) is 0 Å². The van der Waals surface area contributed by atoms with Gasteiger partial charge in [-0.2, -0.15) is 0 Å². The Morgan fingerprint density at radius 2 is 2.19 bits per heavy atom. The molecule has 3 nitrogen and oxygen atoms in total. The highest BCUT2D eigenvalue weighted by Crippen LogP contribution is 2.07. The van der Waals surface area contributed by atoms with E-state index in [-0.39, 0.29) is 6.61 Å². The molecule has 0 amide bonds. The molecular weight excluding hydrogens is 202 g/mol. The van der Waals surface area contributed by atoms with Gasteiger partial charge in [0, 0.05) is 12.0 Å². The Bertz CT molecular complexity index is 377. The van der Waals surface area contributed by atoms with E-state index in [1.165, 1.54) is 0 Å². The lowest BCUT2D eigenvalue weighted by atomic mass is 10.1. The number of benzene rings is 1. The van der Waals surface area contributed by atoms with Crippen LogP contribution in [-0.4, -0.2) is 23.0 Å². The number of nitrogens with two attached hydrogens (primary N) is 1. The molecule has 0 bridgehead atoms. The van der Waals surface area contributed by atoms with Crippen LogP contribution in [0.25, 0.3) is 0 Å². The average Bonchev–Trinajstić information content (AvgIpc) is 2.27. The number of aryl methyl sites for hydroxylation is 1. The molecule has 1 atom stereocenters. The van der Waals surface area contributed by atoms with Crippen molar-refractivity contribution in [2.75, 3.05) is 6.61 Å². The summed E-state index contributed by atoms with van der Waals surface area (Å²) in [5, 5.41) is 17.6. The van der Waals surface area contributed by atoms with E-state index in [0.29, 0.717) is 12.8 Å². The maximum atomic E-state index is 8.98. The molecule has 1 aromatic carbocycles. The van der Waals surface area contributed by atoms with Gasteiger partial charge in [0.15, 0.2) is 0 Å². The lowest BCUT2D eigenvalue weighted by Gasteiger charge is -2.04. The molecule has 0 aliphatic heterocycles. The summed E-state index contributed by atoms with van der Waals surface area (Å²) in [6.07, 6.45) is 1.02. The fourth-order valence-corrected chi connectivity index (χ4v) is 1.34. The molecule has 0 aliphatic carbocycles. The first-order valence-corrected chi connectivity index (χ1v) is 5.34. The highest BCUT2D eigenvalue weighted by Gasteiger charge is 1.98. The van der Waals surface area contributed by atoms with Gasteiger partial charge in [0.05, 0.1) is 6.61 Å². The van der Waals surface area contributed by atoms with E-state index >= 15 is 0 Å². The lowest BCUT2D eigenvalue weighted by molar-refractivity contribution is 0.172. The van der Waals surface area contributed by atoms with Crippen LogP contribution in [-0.2, 0) is 6.42 Å². The first-order chi connectivity index (χ1) is 7.72. The van der Waals surface area contributed by atoms with Crippen molar-refractivity contribution in [1.82, 2.24) is 0 Å². The van der Waals surface area contributed by atoms with E-state index < -0.39 is 6.23 Å². The highest BCUT2D eigenvalue weighted by atomic mass is 16.3. The summed E-state index contributed by atoms with van der Waals surface area (Å²) in [6.45, 7) is 0.0893. The van der Waals surface area contributed by atoms with Crippen LogP contribution in [0.1, 0.15) is 24.0 Å². The molecule has 0 spiro atoms. The second-order valence-corrected chi connectivity index (χ2v) is 3.58. The third kappa shape index (κ3) is 4.94. The maximum Gasteiger partial charge on any atom is 0.102 e. The number of hydrogen-bond acceptors (Lipinski definition) is 3. The highest BCUT2D eigenvalue weighted by molar-refractivity contribution is 5.37. The predicted octanol–water partition coefficient (Wildman–Crippen LogP) is 0.630. The van der Waals surface area contributed by atoms with E-state index in [4.69, 9.17) is 15.9 Å². The minimum Gasteiger partial charge on any atom is -0.395 e. The number of rotatable bonds is 4. The van der Waals surface area contributed by atoms with Crippen LogP contribution in [0.15, 0.2) is 24.3 Å². The van der Waals surface area contributed by atoms with Gasteiger partial charge in [-0.3, -0.25) is 0 Å². The zero-order chi connectivity index (χ0) is 11.8. The quantitative estimate of drug-likeness (QED) is 0.514. The van der Waals surface area contributed by atoms with Gasteiger partial charge in [0.2, 0.25) is 0 Å². The fourth-order valence-electron chi connectivity index (χ4n) is 1.34. The van der Waals surface area contributed by atoms with Crippen molar-refractivity contribution in [3.8, 4) is 11.8 Å². The Morgan fingerprint density at radius 1 is 1.38 bits per heavy atom. The van der Waals surface area contributed by atoms with Gasteiger partial charge in [-0.05, 0) is 30.5 Å². The van der Waals surface area contributed by atoms with Gasteiger partial charge in [-0.1, -0.05) is 24.0 Å². The molecule has 1 aromatic rings. The van der Waals surface area contributed by atoms with Gasteiger partial charge < -0.3 is 15.9 Å². The van der Waals surface area contributed by atoms with Gasteiger partial charge in [0.1, 0.15) is 6.23 Å². The van der Waals surface area contributed by atoms with Crippen molar-refractivity contribution in [2.45, 2.75) is 25.5 Å². The van der Waals surface area contributed by atoms with E-state index in [0.717, 1.165) is 17.5 Å². The molecule has 0 radical (unpaired) electrons. The fraction of sp³-hybridized carbons (Fsp3) is 0.385. The van der Waals surface area contributed by atoms with Gasteiger partial charge in [-0.15, -0.1) is 0 Å². The molecule has 1 rings (SSSR count). The second kappa shape index (κ2) is 7.02. The van der Waals surface area contributed by atoms with Gasteiger partial charge in [-0.25, -0.2) is 0 Å². The summed E-state index contributed by atoms with van der Waals surface area (Å²) in [7, 11) is 0. The van der Waals surface area contributed by atoms with E-state index in [1.54, 1.807) is 0 Å². The molecule has 0 saturated carbocycles. The first-order valence-electron chi connectivity index (χ1n) is 5.34. The SMILES string of the molecule is NC(O)CCc1cccc(C#CCCO)c1. The van der Waals surface area contributed by atoms with Crippen molar-refractivity contribution in [3.05, 3.63) is 35.4 Å². The smallest absolute Gasteiger partial charge is 0.102 e. The number of aliphatic hydroxyl groups excluding tert-OH is 2. The predicted molar refractivity (Wildman–Crippen MR) is 63.5 cm³/mol. The second-order valence-electron chi connectivity index (χ2n) is 3.58. The van der Waals surface area contributed by atoms with Crippen LogP contribution in [0.3, 0.4) is 0 Å². The largest absolute Gasteiger partial charge is 0.395 e. The van der Waals surface area contributed by atoms with Crippen LogP contribution < -0.4 is 5.73 Å². The summed E-state index contributed by atoms with van der Waals surface area (Å²) in [6, 6.07) is 7.82. The minimum absolute atomic E-state index is 0.0893. The Hall–Kier alpha value is -1.34. The summed E-state index contributed by atoms with van der Waals surface area (Å²) in [5.74, 6) is 5.84. The molecule has 86 valence electrons. The number of aliphatic hydroxyl groups is 2. The first kappa shape index (κ1) is 12.7. The van der Waals surface area contributed by atoms with Crippen LogP contribution in [0.4, 0.5) is 0 Å². The maximum absolute atomic E-state index is 8.98. The molecule has 1 unspecified atom stereocenters. The molecule has 16 heavy (non-hydrogen) atoms. The average molecular weight is 219 g/mol. The Labute approximate surface area is 95.9 Å². The zero-order valence-electron chi connectivity index (χ0n) is 9.19. The third-order valence-corrected chi connectivity index (χ3v) is 2.13. The summed E-state index contributed by atoms with van der Waals surface area (Å²) in [4.78, 5) is 0. The van der Waals surface area contributed by atoms with E-state index in [2.05, 4.69) is 11.8 Å². The monoisotopic (exact) mass is 219 g/mol. The number of hydrogen-bond donors (Lipinski definition) is 3. The topological polar surface area (TPSA) is 66.5 Å². The molecule has 3 heteroatoms. The molecule has 4 N–H and O–H groups in total. The van der Waals surface area contributed by atoms with Crippen LogP contribution in [0.5, 0.6) is 0 Å². The Balaban J connectivity index is 2.61. The molecule has 0 fully saturated rings. The van der Waals surface area contributed by atoms with Crippen molar-refractivity contribution >= 4 is 0 Å². The Kier molecular flexibility index (Phi) is 5.58. The zero-order valence-corrected chi connectivity index (χ0v) is 9.19. The van der Waals surface area contributed by atoms with E-state index in [1.807, 2.05) is 24.3 Å². The summed E-state index contributed by atoms with van der Waals surface area (Å²) >= 11 is 0. The molecule has 0 heterocycles. The van der Waals surface area contributed by atoms with Gasteiger partial charge in [0.25, 0.3) is 0 Å². The van der Waals surface area contributed by atoms with Crippen molar-refractivity contribution < 1.29 is 10.2 Å². The molecule has 0 aromatic heterocycles. The van der Waals surface area contributed by atoms with Gasteiger partial charge >= 0.3 is 0 Å². The van der Waals surface area contributed by atoms with Crippen LogP contribution in [0.2, 0.25) is 0 Å².